The molecule has 0 spiro atoms. The SMILES string of the molecule is CN=C(NCc1ccc(CN2CCCC2=O)cc1)N1CCN(C(=O)C2CCCO2)CC1.I. The maximum atomic E-state index is 12.5. The van der Waals surface area contributed by atoms with Crippen molar-refractivity contribution in [1.29, 1.82) is 0 Å². The first-order chi connectivity index (χ1) is 15.1. The highest BCUT2D eigenvalue weighted by Gasteiger charge is 2.30. The molecule has 0 saturated carbocycles. The van der Waals surface area contributed by atoms with Crippen molar-refractivity contribution in [3.63, 3.8) is 0 Å². The van der Waals surface area contributed by atoms with Crippen molar-refractivity contribution in [1.82, 2.24) is 20.0 Å². The standard InChI is InChI=1S/C23H33N5O3.HI/c1-24-23(27-13-11-26(12-14-27)22(30)20-4-3-15-31-20)25-16-18-6-8-19(9-7-18)17-28-10-2-5-21(28)29;/h6-9,20H,2-5,10-17H2,1H3,(H,24,25);1H. The molecule has 1 N–H and O–H groups in total. The molecule has 2 amide bonds. The number of likely N-dealkylation sites (tertiary alicyclic amines) is 1. The normalized spacial score (nSPS) is 21.7. The fraction of sp³-hybridized carbons (Fsp3) is 0.609. The van der Waals surface area contributed by atoms with E-state index in [1.807, 2.05) is 9.80 Å². The van der Waals surface area contributed by atoms with Crippen molar-refractivity contribution in [2.45, 2.75) is 44.9 Å². The van der Waals surface area contributed by atoms with Gasteiger partial charge in [0, 0.05) is 65.9 Å². The predicted octanol–water partition coefficient (Wildman–Crippen LogP) is 1.83. The summed E-state index contributed by atoms with van der Waals surface area (Å²) in [5.74, 6) is 1.25. The van der Waals surface area contributed by atoms with Crippen molar-refractivity contribution in [2.75, 3.05) is 46.4 Å². The van der Waals surface area contributed by atoms with Crippen molar-refractivity contribution < 1.29 is 14.3 Å². The Balaban J connectivity index is 0.00000289. The first kappa shape index (κ1) is 24.8. The number of hydrogen-bond acceptors (Lipinski definition) is 4. The second-order valence-corrected chi connectivity index (χ2v) is 8.45. The molecule has 0 bridgehead atoms. The van der Waals surface area contributed by atoms with Crippen LogP contribution in [0.3, 0.4) is 0 Å². The third kappa shape index (κ3) is 6.12. The Kier molecular flexibility index (Phi) is 9.15. The Morgan fingerprint density at radius 1 is 1.06 bits per heavy atom. The lowest BCUT2D eigenvalue weighted by atomic mass is 10.1. The molecule has 8 nitrogen and oxygen atoms in total. The zero-order valence-electron chi connectivity index (χ0n) is 18.8. The summed E-state index contributed by atoms with van der Waals surface area (Å²) >= 11 is 0. The van der Waals surface area contributed by atoms with Crippen LogP contribution < -0.4 is 5.32 Å². The van der Waals surface area contributed by atoms with Crippen LogP contribution in [0.2, 0.25) is 0 Å². The molecule has 1 unspecified atom stereocenters. The first-order valence-corrected chi connectivity index (χ1v) is 11.4. The van der Waals surface area contributed by atoms with Crippen molar-refractivity contribution in [2.24, 2.45) is 4.99 Å². The number of benzene rings is 1. The van der Waals surface area contributed by atoms with Gasteiger partial charge in [-0.25, -0.2) is 0 Å². The summed E-state index contributed by atoms with van der Waals surface area (Å²) in [5.41, 5.74) is 2.33. The molecule has 9 heteroatoms. The van der Waals surface area contributed by atoms with E-state index in [-0.39, 0.29) is 41.9 Å². The van der Waals surface area contributed by atoms with E-state index in [2.05, 4.69) is 39.5 Å². The monoisotopic (exact) mass is 555 g/mol. The maximum Gasteiger partial charge on any atom is 0.251 e. The van der Waals surface area contributed by atoms with Gasteiger partial charge < -0.3 is 24.8 Å². The minimum atomic E-state index is -0.240. The fourth-order valence-corrected chi connectivity index (χ4v) is 4.48. The molecule has 3 heterocycles. The lowest BCUT2D eigenvalue weighted by Crippen LogP contribution is -2.55. The zero-order chi connectivity index (χ0) is 21.6. The van der Waals surface area contributed by atoms with Crippen LogP contribution in [0.25, 0.3) is 0 Å². The Morgan fingerprint density at radius 2 is 1.75 bits per heavy atom. The minimum absolute atomic E-state index is 0. The largest absolute Gasteiger partial charge is 0.368 e. The number of guanidine groups is 1. The van der Waals surface area contributed by atoms with E-state index in [0.717, 1.165) is 50.4 Å². The molecule has 0 aliphatic carbocycles. The molecule has 1 aromatic carbocycles. The number of halogens is 1. The third-order valence-corrected chi connectivity index (χ3v) is 6.33. The van der Waals surface area contributed by atoms with Crippen LogP contribution in [0.5, 0.6) is 0 Å². The van der Waals surface area contributed by atoms with Crippen LogP contribution >= 0.6 is 24.0 Å². The Hall–Kier alpha value is -1.88. The number of amides is 2. The van der Waals surface area contributed by atoms with E-state index in [9.17, 15) is 9.59 Å². The molecule has 176 valence electrons. The van der Waals surface area contributed by atoms with E-state index in [4.69, 9.17) is 4.74 Å². The third-order valence-electron chi connectivity index (χ3n) is 6.33. The summed E-state index contributed by atoms with van der Waals surface area (Å²) < 4.78 is 5.54. The summed E-state index contributed by atoms with van der Waals surface area (Å²) in [6, 6.07) is 8.41. The van der Waals surface area contributed by atoms with Gasteiger partial charge in [-0.2, -0.15) is 0 Å². The van der Waals surface area contributed by atoms with E-state index >= 15 is 0 Å². The van der Waals surface area contributed by atoms with E-state index in [1.165, 1.54) is 5.56 Å². The number of carbonyl (C=O) groups is 2. The summed E-state index contributed by atoms with van der Waals surface area (Å²) in [4.78, 5) is 34.8. The summed E-state index contributed by atoms with van der Waals surface area (Å²) in [6.45, 7) is 5.87. The highest BCUT2D eigenvalue weighted by atomic mass is 127. The Labute approximate surface area is 207 Å². The van der Waals surface area contributed by atoms with Gasteiger partial charge in [0.05, 0.1) is 0 Å². The van der Waals surface area contributed by atoms with Crippen LogP contribution in [0.15, 0.2) is 29.3 Å². The average Bonchev–Trinajstić information content (AvgIpc) is 3.48. The van der Waals surface area contributed by atoms with Crippen molar-refractivity contribution in [3.05, 3.63) is 35.4 Å². The smallest absolute Gasteiger partial charge is 0.251 e. The second-order valence-electron chi connectivity index (χ2n) is 8.45. The van der Waals surface area contributed by atoms with Gasteiger partial charge in [0.2, 0.25) is 5.91 Å². The Bertz CT molecular complexity index is 802. The Morgan fingerprint density at radius 3 is 2.34 bits per heavy atom. The van der Waals surface area contributed by atoms with Gasteiger partial charge in [0.15, 0.2) is 5.96 Å². The molecule has 4 rings (SSSR count). The van der Waals surface area contributed by atoms with Gasteiger partial charge in [-0.05, 0) is 30.4 Å². The predicted molar refractivity (Wildman–Crippen MR) is 134 cm³/mol. The summed E-state index contributed by atoms with van der Waals surface area (Å²) in [6.07, 6.45) is 3.23. The van der Waals surface area contributed by atoms with E-state index in [0.29, 0.717) is 39.2 Å². The van der Waals surface area contributed by atoms with Crippen LogP contribution in [-0.2, 0) is 27.4 Å². The number of ether oxygens (including phenoxy) is 1. The highest BCUT2D eigenvalue weighted by molar-refractivity contribution is 14.0. The van der Waals surface area contributed by atoms with Crippen LogP contribution in [-0.4, -0.2) is 85.0 Å². The van der Waals surface area contributed by atoms with Crippen LogP contribution in [0.4, 0.5) is 0 Å². The van der Waals surface area contributed by atoms with Gasteiger partial charge in [0.25, 0.3) is 5.91 Å². The number of piperazine rings is 1. The number of rotatable bonds is 5. The molecular formula is C23H34IN5O3. The quantitative estimate of drug-likeness (QED) is 0.341. The molecule has 1 atom stereocenters. The highest BCUT2D eigenvalue weighted by Crippen LogP contribution is 2.17. The van der Waals surface area contributed by atoms with Gasteiger partial charge >= 0.3 is 0 Å². The molecular weight excluding hydrogens is 521 g/mol. The van der Waals surface area contributed by atoms with Gasteiger partial charge in [-0.1, -0.05) is 24.3 Å². The lowest BCUT2D eigenvalue weighted by molar-refractivity contribution is -0.142. The van der Waals surface area contributed by atoms with E-state index < -0.39 is 0 Å². The number of aliphatic imine (C=N–C) groups is 1. The molecule has 3 aliphatic heterocycles. The van der Waals surface area contributed by atoms with E-state index in [1.54, 1.807) is 7.05 Å². The summed E-state index contributed by atoms with van der Waals surface area (Å²) in [7, 11) is 1.79. The molecule has 3 saturated heterocycles. The zero-order valence-corrected chi connectivity index (χ0v) is 21.1. The van der Waals surface area contributed by atoms with Crippen molar-refractivity contribution >= 4 is 41.8 Å². The van der Waals surface area contributed by atoms with Gasteiger partial charge in [-0.15, -0.1) is 24.0 Å². The lowest BCUT2D eigenvalue weighted by Gasteiger charge is -2.37. The molecule has 0 aromatic heterocycles. The molecule has 0 radical (unpaired) electrons. The topological polar surface area (TPSA) is 77.5 Å². The molecule has 1 aromatic rings. The molecule has 3 aliphatic rings. The average molecular weight is 555 g/mol. The molecule has 3 fully saturated rings. The molecule has 32 heavy (non-hydrogen) atoms. The van der Waals surface area contributed by atoms with Crippen LogP contribution in [0.1, 0.15) is 36.8 Å². The number of nitrogens with zero attached hydrogens (tertiary/aromatic N) is 4. The van der Waals surface area contributed by atoms with Gasteiger partial charge in [0.1, 0.15) is 6.10 Å². The number of nitrogens with one attached hydrogen (secondary N) is 1. The maximum absolute atomic E-state index is 12.5. The first-order valence-electron chi connectivity index (χ1n) is 11.4. The second kappa shape index (κ2) is 11.8. The van der Waals surface area contributed by atoms with Crippen molar-refractivity contribution in [3.8, 4) is 0 Å². The summed E-state index contributed by atoms with van der Waals surface area (Å²) in [5, 5.41) is 3.44. The van der Waals surface area contributed by atoms with Crippen LogP contribution in [0, 0.1) is 0 Å². The minimum Gasteiger partial charge on any atom is -0.368 e. The number of hydrogen-bond donors (Lipinski definition) is 1. The fourth-order valence-electron chi connectivity index (χ4n) is 4.48. The van der Waals surface area contributed by atoms with Gasteiger partial charge in [-0.3, -0.25) is 14.6 Å². The number of carbonyl (C=O) groups excluding carboxylic acids is 2.